The molecule has 29 heavy (non-hydrogen) atoms. The predicted octanol–water partition coefficient (Wildman–Crippen LogP) is 2.51. The molecule has 2 aliphatic heterocycles. The lowest BCUT2D eigenvalue weighted by Crippen LogP contribution is -2.54. The van der Waals surface area contributed by atoms with Crippen molar-refractivity contribution in [1.29, 1.82) is 0 Å². The molecule has 0 bridgehead atoms. The van der Waals surface area contributed by atoms with Crippen molar-refractivity contribution < 1.29 is 13.2 Å². The van der Waals surface area contributed by atoms with Gasteiger partial charge in [0.1, 0.15) is 0 Å². The summed E-state index contributed by atoms with van der Waals surface area (Å²) in [6.07, 6.45) is 1.47. The Hall–Kier alpha value is -1.77. The van der Waals surface area contributed by atoms with Gasteiger partial charge in [-0.25, -0.2) is 13.4 Å². The second-order valence-electron chi connectivity index (χ2n) is 7.67. The van der Waals surface area contributed by atoms with Crippen LogP contribution in [0.2, 0.25) is 0 Å². The van der Waals surface area contributed by atoms with Crippen LogP contribution in [0, 0.1) is 6.92 Å². The summed E-state index contributed by atoms with van der Waals surface area (Å²) in [5.74, 6) is 0. The van der Waals surface area contributed by atoms with Gasteiger partial charge in [0, 0.05) is 32.7 Å². The summed E-state index contributed by atoms with van der Waals surface area (Å²) < 4.78 is 34.4. The van der Waals surface area contributed by atoms with Crippen molar-refractivity contribution in [3.05, 3.63) is 65.2 Å². The van der Waals surface area contributed by atoms with E-state index in [1.165, 1.54) is 16.7 Å². The first-order valence-electron chi connectivity index (χ1n) is 10.3. The lowest BCUT2D eigenvalue weighted by molar-refractivity contribution is 0.00360. The zero-order chi connectivity index (χ0) is 20.3. The average Bonchev–Trinajstić information content (AvgIpc) is 2.75. The maximum atomic E-state index is 13.4. The number of nitrogens with zero attached hydrogens (tertiary/aromatic N) is 2. The van der Waals surface area contributed by atoms with E-state index in [-0.39, 0.29) is 6.10 Å². The quantitative estimate of drug-likeness (QED) is 0.786. The summed E-state index contributed by atoms with van der Waals surface area (Å²) in [7, 11) is -3.61. The molecule has 7 heteroatoms. The molecule has 1 saturated heterocycles. The first-order chi connectivity index (χ1) is 14.1. The number of rotatable bonds is 6. The lowest BCUT2D eigenvalue weighted by Gasteiger charge is -2.37. The van der Waals surface area contributed by atoms with Crippen LogP contribution in [0.3, 0.4) is 0 Å². The number of aryl methyl sites for hydroxylation is 1. The third kappa shape index (κ3) is 4.54. The molecular formula is C22H29N3O3S. The molecule has 2 aromatic carbocycles. The SMILES string of the molecule is Cc1ccc2c(c1)CCOC2CCN(N1CCNCC1)S(=O)(=O)c1ccccc1. The number of fused-ring (bicyclic) bond motifs is 1. The number of ether oxygens (including phenoxy) is 1. The number of piperazine rings is 1. The van der Waals surface area contributed by atoms with E-state index in [1.54, 1.807) is 28.7 Å². The van der Waals surface area contributed by atoms with Crippen LogP contribution in [0.1, 0.15) is 29.2 Å². The van der Waals surface area contributed by atoms with Gasteiger partial charge < -0.3 is 10.1 Å². The third-order valence-electron chi connectivity index (χ3n) is 5.65. The average molecular weight is 416 g/mol. The smallest absolute Gasteiger partial charge is 0.255 e. The van der Waals surface area contributed by atoms with E-state index in [2.05, 4.69) is 30.4 Å². The normalized spacial score (nSPS) is 20.6. The summed E-state index contributed by atoms with van der Waals surface area (Å²) in [6.45, 7) is 6.09. The highest BCUT2D eigenvalue weighted by atomic mass is 32.2. The number of sulfonamides is 1. The van der Waals surface area contributed by atoms with E-state index in [1.807, 2.05) is 11.1 Å². The van der Waals surface area contributed by atoms with Gasteiger partial charge in [-0.15, -0.1) is 4.41 Å². The fraction of sp³-hybridized carbons (Fsp3) is 0.455. The van der Waals surface area contributed by atoms with Crippen LogP contribution in [0.5, 0.6) is 0 Å². The van der Waals surface area contributed by atoms with Crippen LogP contribution in [0.4, 0.5) is 0 Å². The van der Waals surface area contributed by atoms with Gasteiger partial charge in [0.2, 0.25) is 0 Å². The van der Waals surface area contributed by atoms with Crippen LogP contribution in [0.15, 0.2) is 53.4 Å². The van der Waals surface area contributed by atoms with Gasteiger partial charge in [-0.05, 0) is 43.0 Å². The monoisotopic (exact) mass is 415 g/mol. The van der Waals surface area contributed by atoms with Gasteiger partial charge in [0.15, 0.2) is 0 Å². The van der Waals surface area contributed by atoms with Gasteiger partial charge in [0.05, 0.1) is 17.6 Å². The molecule has 0 aliphatic carbocycles. The molecule has 0 radical (unpaired) electrons. The molecule has 6 nitrogen and oxygen atoms in total. The van der Waals surface area contributed by atoms with E-state index in [0.29, 0.717) is 37.6 Å². The minimum absolute atomic E-state index is 0.0734. The summed E-state index contributed by atoms with van der Waals surface area (Å²) in [4.78, 5) is 0.333. The Kier molecular flexibility index (Phi) is 6.32. The first-order valence-corrected chi connectivity index (χ1v) is 11.7. The van der Waals surface area contributed by atoms with Crippen LogP contribution >= 0.6 is 0 Å². The van der Waals surface area contributed by atoms with Crippen molar-refractivity contribution in [3.63, 3.8) is 0 Å². The highest BCUT2D eigenvalue weighted by molar-refractivity contribution is 7.89. The Bertz CT molecular complexity index is 928. The Morgan fingerprint density at radius 1 is 1.14 bits per heavy atom. The second kappa shape index (κ2) is 8.93. The molecule has 2 aromatic rings. The van der Waals surface area contributed by atoms with E-state index in [4.69, 9.17) is 4.74 Å². The second-order valence-corrected chi connectivity index (χ2v) is 9.51. The molecule has 2 aliphatic rings. The Labute approximate surface area is 173 Å². The van der Waals surface area contributed by atoms with Crippen molar-refractivity contribution in [1.82, 2.24) is 14.7 Å². The first kappa shape index (κ1) is 20.5. The number of hydrogen-bond donors (Lipinski definition) is 1. The molecule has 2 heterocycles. The number of nitrogens with one attached hydrogen (secondary N) is 1. The van der Waals surface area contributed by atoms with Crippen LogP contribution in [-0.4, -0.2) is 57.2 Å². The third-order valence-corrected chi connectivity index (χ3v) is 7.48. The summed E-state index contributed by atoms with van der Waals surface area (Å²) in [5, 5.41) is 5.25. The van der Waals surface area contributed by atoms with Gasteiger partial charge in [-0.3, -0.25) is 0 Å². The molecule has 1 atom stereocenters. The maximum absolute atomic E-state index is 13.4. The van der Waals surface area contributed by atoms with Gasteiger partial charge >= 0.3 is 0 Å². The number of hydrogen-bond acceptors (Lipinski definition) is 5. The highest BCUT2D eigenvalue weighted by Gasteiger charge is 2.32. The van der Waals surface area contributed by atoms with Crippen molar-refractivity contribution in [2.24, 2.45) is 0 Å². The standard InChI is InChI=1S/C22H29N3O3S/c1-18-7-8-21-19(17-18)10-16-28-22(21)9-13-25(24-14-11-23-12-15-24)29(26,27)20-5-3-2-4-6-20/h2-8,17,22-23H,9-16H2,1H3. The Balaban J connectivity index is 1.57. The molecule has 4 rings (SSSR count). The van der Waals surface area contributed by atoms with Gasteiger partial charge in [-0.1, -0.05) is 42.0 Å². The zero-order valence-electron chi connectivity index (χ0n) is 16.9. The lowest BCUT2D eigenvalue weighted by atomic mass is 9.94. The van der Waals surface area contributed by atoms with E-state index >= 15 is 0 Å². The molecule has 0 aromatic heterocycles. The molecule has 156 valence electrons. The van der Waals surface area contributed by atoms with E-state index < -0.39 is 10.0 Å². The van der Waals surface area contributed by atoms with Crippen molar-refractivity contribution >= 4 is 10.0 Å². The molecule has 1 unspecified atom stereocenters. The molecule has 1 N–H and O–H groups in total. The minimum Gasteiger partial charge on any atom is -0.373 e. The fourth-order valence-electron chi connectivity index (χ4n) is 4.14. The zero-order valence-corrected chi connectivity index (χ0v) is 17.7. The highest BCUT2D eigenvalue weighted by Crippen LogP contribution is 2.31. The van der Waals surface area contributed by atoms with Gasteiger partial charge in [0.25, 0.3) is 10.0 Å². The van der Waals surface area contributed by atoms with Crippen LogP contribution < -0.4 is 5.32 Å². The molecule has 0 amide bonds. The molecule has 0 spiro atoms. The van der Waals surface area contributed by atoms with Crippen LogP contribution in [-0.2, 0) is 21.2 Å². The van der Waals surface area contributed by atoms with Crippen molar-refractivity contribution in [2.45, 2.75) is 30.8 Å². The maximum Gasteiger partial charge on any atom is 0.255 e. The van der Waals surface area contributed by atoms with E-state index in [9.17, 15) is 8.42 Å². The molecule has 0 saturated carbocycles. The van der Waals surface area contributed by atoms with Gasteiger partial charge in [-0.2, -0.15) is 0 Å². The predicted molar refractivity (Wildman–Crippen MR) is 113 cm³/mol. The number of benzene rings is 2. The molecular weight excluding hydrogens is 386 g/mol. The topological polar surface area (TPSA) is 61.9 Å². The molecule has 1 fully saturated rings. The Morgan fingerprint density at radius 3 is 2.66 bits per heavy atom. The minimum atomic E-state index is -3.61. The van der Waals surface area contributed by atoms with Crippen molar-refractivity contribution in [2.75, 3.05) is 39.3 Å². The largest absolute Gasteiger partial charge is 0.373 e. The van der Waals surface area contributed by atoms with Crippen LogP contribution in [0.25, 0.3) is 0 Å². The fourth-order valence-corrected chi connectivity index (χ4v) is 5.69. The Morgan fingerprint density at radius 2 is 1.90 bits per heavy atom. The van der Waals surface area contributed by atoms with E-state index in [0.717, 1.165) is 19.5 Å². The summed E-state index contributed by atoms with van der Waals surface area (Å²) >= 11 is 0. The summed E-state index contributed by atoms with van der Waals surface area (Å²) in [5.41, 5.74) is 3.76. The summed E-state index contributed by atoms with van der Waals surface area (Å²) in [6, 6.07) is 15.2. The number of hydrazine groups is 1. The van der Waals surface area contributed by atoms with Crippen molar-refractivity contribution in [3.8, 4) is 0 Å².